The van der Waals surface area contributed by atoms with Crippen LogP contribution >= 0.6 is 23.2 Å². The molecular formula is C14H9Cl2N3O. The molecule has 3 rings (SSSR count). The summed E-state index contributed by atoms with van der Waals surface area (Å²) < 4.78 is 5.29. The number of nitrogens with two attached hydrogens (primary N) is 1. The molecule has 0 unspecified atom stereocenters. The van der Waals surface area contributed by atoms with E-state index in [0.29, 0.717) is 32.6 Å². The normalized spacial score (nSPS) is 10.7. The van der Waals surface area contributed by atoms with Gasteiger partial charge in [-0.15, -0.1) is 0 Å². The van der Waals surface area contributed by atoms with Crippen LogP contribution in [-0.4, -0.2) is 10.1 Å². The third-order valence-electron chi connectivity index (χ3n) is 2.83. The van der Waals surface area contributed by atoms with E-state index in [0.717, 1.165) is 0 Å². The van der Waals surface area contributed by atoms with Gasteiger partial charge in [-0.3, -0.25) is 4.98 Å². The van der Waals surface area contributed by atoms with Crippen LogP contribution in [-0.2, 0) is 0 Å². The molecule has 0 aliphatic heterocycles. The number of aromatic nitrogens is 2. The highest BCUT2D eigenvalue weighted by Gasteiger charge is 2.22. The predicted octanol–water partition coefficient (Wildman–Crippen LogP) is 4.29. The van der Waals surface area contributed by atoms with Gasteiger partial charge in [-0.2, -0.15) is 0 Å². The molecule has 1 aromatic carbocycles. The van der Waals surface area contributed by atoms with Crippen LogP contribution in [0, 0.1) is 0 Å². The highest BCUT2D eigenvalue weighted by molar-refractivity contribution is 6.39. The van der Waals surface area contributed by atoms with Gasteiger partial charge < -0.3 is 10.3 Å². The van der Waals surface area contributed by atoms with Crippen LogP contribution in [0.2, 0.25) is 10.0 Å². The van der Waals surface area contributed by atoms with Crippen molar-refractivity contribution in [3.63, 3.8) is 0 Å². The van der Waals surface area contributed by atoms with Crippen LogP contribution in [0.4, 0.5) is 5.82 Å². The van der Waals surface area contributed by atoms with Crippen molar-refractivity contribution in [2.24, 2.45) is 0 Å². The molecule has 4 nitrogen and oxygen atoms in total. The van der Waals surface area contributed by atoms with Crippen molar-refractivity contribution >= 4 is 29.0 Å². The van der Waals surface area contributed by atoms with Gasteiger partial charge in [0.15, 0.2) is 11.6 Å². The van der Waals surface area contributed by atoms with E-state index < -0.39 is 0 Å². The number of halogens is 2. The van der Waals surface area contributed by atoms with E-state index in [1.54, 1.807) is 30.5 Å². The molecule has 0 aliphatic rings. The molecule has 2 N–H and O–H groups in total. The molecule has 0 bridgehead atoms. The van der Waals surface area contributed by atoms with Gasteiger partial charge in [-0.25, -0.2) is 0 Å². The number of nitrogen functional groups attached to an aromatic ring is 1. The Kier molecular flexibility index (Phi) is 3.34. The monoisotopic (exact) mass is 305 g/mol. The van der Waals surface area contributed by atoms with Crippen molar-refractivity contribution in [1.82, 2.24) is 10.1 Å². The Bertz CT molecular complexity index is 736. The summed E-state index contributed by atoms with van der Waals surface area (Å²) in [4.78, 5) is 4.23. The van der Waals surface area contributed by atoms with E-state index in [-0.39, 0.29) is 5.82 Å². The van der Waals surface area contributed by atoms with E-state index in [9.17, 15) is 0 Å². The van der Waals surface area contributed by atoms with Crippen LogP contribution in [0.1, 0.15) is 0 Å². The number of rotatable bonds is 2. The first-order valence-corrected chi connectivity index (χ1v) is 6.55. The van der Waals surface area contributed by atoms with Crippen molar-refractivity contribution in [3.8, 4) is 22.6 Å². The standard InChI is InChI=1S/C14H9Cl2N3O/c15-8-4-3-5-9(16)11(8)12-13(20-19-14(12)17)10-6-1-2-7-18-10/h1-7H,(H2,17,19). The number of pyridine rings is 1. The maximum absolute atomic E-state index is 6.22. The van der Waals surface area contributed by atoms with Gasteiger partial charge in [0, 0.05) is 11.8 Å². The molecule has 0 fully saturated rings. The third-order valence-corrected chi connectivity index (χ3v) is 3.46. The van der Waals surface area contributed by atoms with E-state index in [1.165, 1.54) is 0 Å². The quantitative estimate of drug-likeness (QED) is 0.767. The van der Waals surface area contributed by atoms with Gasteiger partial charge in [0.25, 0.3) is 0 Å². The molecule has 0 spiro atoms. The Morgan fingerprint density at radius 1 is 0.950 bits per heavy atom. The topological polar surface area (TPSA) is 64.9 Å². The van der Waals surface area contributed by atoms with E-state index in [1.807, 2.05) is 12.1 Å². The fourth-order valence-electron chi connectivity index (χ4n) is 1.95. The second kappa shape index (κ2) is 5.15. The lowest BCUT2D eigenvalue weighted by atomic mass is 10.0. The van der Waals surface area contributed by atoms with E-state index in [2.05, 4.69) is 10.1 Å². The van der Waals surface area contributed by atoms with E-state index in [4.69, 9.17) is 33.5 Å². The molecule has 20 heavy (non-hydrogen) atoms. The van der Waals surface area contributed by atoms with Gasteiger partial charge >= 0.3 is 0 Å². The van der Waals surface area contributed by atoms with Crippen molar-refractivity contribution in [2.45, 2.75) is 0 Å². The molecule has 3 aromatic rings. The summed E-state index contributed by atoms with van der Waals surface area (Å²) in [5, 5.41) is 4.75. The molecule has 0 aliphatic carbocycles. The summed E-state index contributed by atoms with van der Waals surface area (Å²) in [6.45, 7) is 0. The summed E-state index contributed by atoms with van der Waals surface area (Å²) in [5.74, 6) is 0.666. The lowest BCUT2D eigenvalue weighted by Gasteiger charge is -2.06. The Hall–Kier alpha value is -2.04. The minimum Gasteiger partial charge on any atom is -0.380 e. The Morgan fingerprint density at radius 2 is 1.70 bits per heavy atom. The number of hydrogen-bond acceptors (Lipinski definition) is 4. The minimum atomic E-state index is 0.223. The maximum atomic E-state index is 6.22. The molecular weight excluding hydrogens is 297 g/mol. The lowest BCUT2D eigenvalue weighted by molar-refractivity contribution is 0.435. The van der Waals surface area contributed by atoms with Crippen LogP contribution in [0.25, 0.3) is 22.6 Å². The molecule has 2 aromatic heterocycles. The van der Waals surface area contributed by atoms with E-state index >= 15 is 0 Å². The number of benzene rings is 1. The molecule has 0 radical (unpaired) electrons. The van der Waals surface area contributed by atoms with Crippen LogP contribution < -0.4 is 5.73 Å². The summed E-state index contributed by atoms with van der Waals surface area (Å²) >= 11 is 12.4. The fraction of sp³-hybridized carbons (Fsp3) is 0. The summed E-state index contributed by atoms with van der Waals surface area (Å²) in [7, 11) is 0. The van der Waals surface area contributed by atoms with Gasteiger partial charge in [0.2, 0.25) is 0 Å². The Morgan fingerprint density at radius 3 is 2.35 bits per heavy atom. The van der Waals surface area contributed by atoms with Gasteiger partial charge in [0.05, 0.1) is 15.6 Å². The average molecular weight is 306 g/mol. The first kappa shape index (κ1) is 13.0. The zero-order valence-electron chi connectivity index (χ0n) is 10.2. The second-order valence-electron chi connectivity index (χ2n) is 4.08. The van der Waals surface area contributed by atoms with Crippen molar-refractivity contribution in [1.29, 1.82) is 0 Å². The van der Waals surface area contributed by atoms with Crippen LogP contribution in [0.5, 0.6) is 0 Å². The van der Waals surface area contributed by atoms with Crippen molar-refractivity contribution in [2.75, 3.05) is 5.73 Å². The second-order valence-corrected chi connectivity index (χ2v) is 4.90. The number of anilines is 1. The molecule has 2 heterocycles. The molecule has 0 amide bonds. The van der Waals surface area contributed by atoms with Gasteiger partial charge in [-0.05, 0) is 24.3 Å². The molecule has 0 saturated carbocycles. The molecule has 0 atom stereocenters. The SMILES string of the molecule is Nc1noc(-c2ccccn2)c1-c1c(Cl)cccc1Cl. The number of nitrogens with zero attached hydrogens (tertiary/aromatic N) is 2. The average Bonchev–Trinajstić information content (AvgIpc) is 2.82. The zero-order valence-corrected chi connectivity index (χ0v) is 11.7. The van der Waals surface area contributed by atoms with Crippen LogP contribution in [0.15, 0.2) is 47.1 Å². The first-order valence-electron chi connectivity index (χ1n) is 5.79. The highest BCUT2D eigenvalue weighted by atomic mass is 35.5. The molecule has 0 saturated heterocycles. The van der Waals surface area contributed by atoms with Gasteiger partial charge in [-0.1, -0.05) is 40.5 Å². The minimum absolute atomic E-state index is 0.223. The number of hydrogen-bond donors (Lipinski definition) is 1. The largest absolute Gasteiger partial charge is 0.380 e. The predicted molar refractivity (Wildman–Crippen MR) is 79.6 cm³/mol. The molecule has 6 heteroatoms. The third kappa shape index (κ3) is 2.13. The zero-order chi connectivity index (χ0) is 14.1. The highest BCUT2D eigenvalue weighted by Crippen LogP contribution is 2.42. The Labute approximate surface area is 125 Å². The van der Waals surface area contributed by atoms with Gasteiger partial charge in [0.1, 0.15) is 5.69 Å². The fourth-order valence-corrected chi connectivity index (χ4v) is 2.54. The van der Waals surface area contributed by atoms with Crippen molar-refractivity contribution in [3.05, 3.63) is 52.6 Å². The summed E-state index contributed by atoms with van der Waals surface area (Å²) in [6.07, 6.45) is 1.66. The maximum Gasteiger partial charge on any atom is 0.195 e. The first-order chi connectivity index (χ1) is 9.68. The Balaban J connectivity index is 2.28. The smallest absolute Gasteiger partial charge is 0.195 e. The van der Waals surface area contributed by atoms with Crippen molar-refractivity contribution < 1.29 is 4.52 Å². The van der Waals surface area contributed by atoms with Crippen LogP contribution in [0.3, 0.4) is 0 Å². The molecule has 100 valence electrons. The summed E-state index contributed by atoms with van der Waals surface area (Å²) in [5.41, 5.74) is 7.66. The summed E-state index contributed by atoms with van der Waals surface area (Å²) in [6, 6.07) is 10.7. The lowest BCUT2D eigenvalue weighted by Crippen LogP contribution is -1.91.